The topological polar surface area (TPSA) is 128 Å². The van der Waals surface area contributed by atoms with Gasteiger partial charge in [0.05, 0.1) is 17.8 Å². The Bertz CT molecular complexity index is 1590. The maximum atomic E-state index is 13.3. The first-order chi connectivity index (χ1) is 19.8. The standard InChI is InChI=1S/C31H25N3O6S/c1-40-26-16-12-22(13-17-26)29(35)20-41-27-9-5-8-24(19-27)32-31(37)28(33-30(36)23-6-3-2-4-7-23)18-21-10-14-25(15-11-21)34(38)39/h2-19H,20H2,1H3,(H,32,37)(H,33,36)/b28-18-. The summed E-state index contributed by atoms with van der Waals surface area (Å²) in [5.41, 5.74) is 1.71. The zero-order chi connectivity index (χ0) is 29.2. The number of non-ortho nitro benzene ring substituents is 1. The molecule has 0 saturated heterocycles. The number of Topliss-reactive ketones (excluding diaryl/α,β-unsaturated/α-hetero) is 1. The molecule has 0 fully saturated rings. The van der Waals surface area contributed by atoms with Crippen LogP contribution < -0.4 is 15.4 Å². The Labute approximate surface area is 240 Å². The summed E-state index contributed by atoms with van der Waals surface area (Å²) in [6.45, 7) is 0. The van der Waals surface area contributed by atoms with E-state index in [1.807, 2.05) is 6.07 Å². The van der Waals surface area contributed by atoms with E-state index >= 15 is 0 Å². The lowest BCUT2D eigenvalue weighted by molar-refractivity contribution is -0.384. The van der Waals surface area contributed by atoms with Gasteiger partial charge in [-0.15, -0.1) is 11.8 Å². The van der Waals surface area contributed by atoms with Crippen LogP contribution in [0, 0.1) is 10.1 Å². The Kier molecular flexibility index (Phi) is 9.63. The fourth-order valence-corrected chi connectivity index (χ4v) is 4.52. The van der Waals surface area contributed by atoms with Crippen molar-refractivity contribution in [3.8, 4) is 5.75 Å². The molecule has 0 aliphatic carbocycles. The predicted octanol–water partition coefficient (Wildman–Crippen LogP) is 5.99. The number of ether oxygens (including phenoxy) is 1. The molecule has 0 radical (unpaired) electrons. The number of nitrogens with one attached hydrogen (secondary N) is 2. The summed E-state index contributed by atoms with van der Waals surface area (Å²) in [5, 5.41) is 16.4. The second-order valence-corrected chi connectivity index (χ2v) is 9.70. The molecule has 0 aliphatic rings. The van der Waals surface area contributed by atoms with Crippen LogP contribution in [0.15, 0.2) is 114 Å². The minimum Gasteiger partial charge on any atom is -0.497 e. The zero-order valence-electron chi connectivity index (χ0n) is 21.9. The lowest BCUT2D eigenvalue weighted by atomic mass is 10.1. The molecule has 41 heavy (non-hydrogen) atoms. The van der Waals surface area contributed by atoms with Gasteiger partial charge in [0.15, 0.2) is 5.78 Å². The van der Waals surface area contributed by atoms with Gasteiger partial charge in [-0.1, -0.05) is 24.3 Å². The van der Waals surface area contributed by atoms with Gasteiger partial charge in [0.25, 0.3) is 17.5 Å². The number of ketones is 1. The van der Waals surface area contributed by atoms with Crippen molar-refractivity contribution < 1.29 is 24.0 Å². The van der Waals surface area contributed by atoms with Crippen molar-refractivity contribution >= 4 is 46.8 Å². The maximum absolute atomic E-state index is 13.3. The van der Waals surface area contributed by atoms with Crippen LogP contribution in [0.25, 0.3) is 6.08 Å². The second-order valence-electron chi connectivity index (χ2n) is 8.65. The van der Waals surface area contributed by atoms with Crippen LogP contribution in [-0.2, 0) is 4.79 Å². The second kappa shape index (κ2) is 13.7. The van der Waals surface area contributed by atoms with Crippen LogP contribution >= 0.6 is 11.8 Å². The zero-order valence-corrected chi connectivity index (χ0v) is 22.7. The van der Waals surface area contributed by atoms with Crippen LogP contribution in [0.5, 0.6) is 5.75 Å². The molecular formula is C31H25N3O6S. The van der Waals surface area contributed by atoms with Gasteiger partial charge >= 0.3 is 0 Å². The summed E-state index contributed by atoms with van der Waals surface area (Å²) in [4.78, 5) is 50.0. The van der Waals surface area contributed by atoms with E-state index in [4.69, 9.17) is 4.74 Å². The summed E-state index contributed by atoms with van der Waals surface area (Å²) in [6, 6.07) is 27.9. The largest absolute Gasteiger partial charge is 0.497 e. The fraction of sp³-hybridized carbons (Fsp3) is 0.0645. The number of benzene rings is 4. The first-order valence-electron chi connectivity index (χ1n) is 12.4. The Balaban J connectivity index is 1.49. The summed E-state index contributed by atoms with van der Waals surface area (Å²) in [7, 11) is 1.56. The molecule has 9 nitrogen and oxygen atoms in total. The third-order valence-electron chi connectivity index (χ3n) is 5.82. The third-order valence-corrected chi connectivity index (χ3v) is 6.81. The molecule has 4 rings (SSSR count). The molecule has 0 spiro atoms. The van der Waals surface area contributed by atoms with Crippen molar-refractivity contribution in [1.82, 2.24) is 5.32 Å². The van der Waals surface area contributed by atoms with Crippen molar-refractivity contribution in [3.63, 3.8) is 0 Å². The summed E-state index contributed by atoms with van der Waals surface area (Å²) >= 11 is 1.33. The minimum atomic E-state index is -0.593. The van der Waals surface area contributed by atoms with E-state index in [1.54, 1.807) is 79.9 Å². The first-order valence-corrected chi connectivity index (χ1v) is 13.3. The van der Waals surface area contributed by atoms with Crippen molar-refractivity contribution in [2.75, 3.05) is 18.2 Å². The molecule has 2 N–H and O–H groups in total. The summed E-state index contributed by atoms with van der Waals surface area (Å²) in [5.74, 6) is -0.273. The highest BCUT2D eigenvalue weighted by molar-refractivity contribution is 8.00. The molecular weight excluding hydrogens is 542 g/mol. The number of rotatable bonds is 11. The Hall–Kier alpha value is -5.22. The van der Waals surface area contributed by atoms with Crippen molar-refractivity contribution in [2.24, 2.45) is 0 Å². The number of nitro groups is 1. The number of nitrogens with zero attached hydrogens (tertiary/aromatic N) is 1. The quantitative estimate of drug-likeness (QED) is 0.0749. The molecule has 0 bridgehead atoms. The number of methoxy groups -OCH3 is 1. The monoisotopic (exact) mass is 567 g/mol. The summed E-state index contributed by atoms with van der Waals surface area (Å²) in [6.07, 6.45) is 1.44. The Morgan fingerprint density at radius 2 is 1.59 bits per heavy atom. The van der Waals surface area contributed by atoms with E-state index in [1.165, 1.54) is 42.1 Å². The molecule has 0 aliphatic heterocycles. The smallest absolute Gasteiger partial charge is 0.272 e. The van der Waals surface area contributed by atoms with Crippen LogP contribution in [0.4, 0.5) is 11.4 Å². The van der Waals surface area contributed by atoms with Gasteiger partial charge in [-0.3, -0.25) is 24.5 Å². The number of hydrogen-bond acceptors (Lipinski definition) is 7. The van der Waals surface area contributed by atoms with E-state index in [-0.39, 0.29) is 22.9 Å². The molecule has 0 unspecified atom stereocenters. The van der Waals surface area contributed by atoms with Gasteiger partial charge in [-0.05, 0) is 78.4 Å². The third kappa shape index (κ3) is 8.13. The van der Waals surface area contributed by atoms with Gasteiger partial charge < -0.3 is 15.4 Å². The van der Waals surface area contributed by atoms with E-state index in [0.717, 1.165) is 4.90 Å². The number of amides is 2. The molecule has 4 aromatic rings. The summed E-state index contributed by atoms with van der Waals surface area (Å²) < 4.78 is 5.13. The average Bonchev–Trinajstić information content (AvgIpc) is 3.00. The van der Waals surface area contributed by atoms with Crippen LogP contribution in [0.3, 0.4) is 0 Å². The number of anilines is 1. The average molecular weight is 568 g/mol. The number of carbonyl (C=O) groups excluding carboxylic acids is 3. The Morgan fingerprint density at radius 3 is 2.24 bits per heavy atom. The molecule has 10 heteroatoms. The van der Waals surface area contributed by atoms with E-state index < -0.39 is 16.7 Å². The van der Waals surface area contributed by atoms with Gasteiger partial charge in [-0.2, -0.15) is 0 Å². The lowest BCUT2D eigenvalue weighted by Gasteiger charge is -2.12. The SMILES string of the molecule is COc1ccc(C(=O)CSc2cccc(NC(=O)/C(=C/c3ccc([N+](=O)[O-])cc3)NC(=O)c3ccccc3)c2)cc1. The van der Waals surface area contributed by atoms with Gasteiger partial charge in [0.2, 0.25) is 0 Å². The highest BCUT2D eigenvalue weighted by Gasteiger charge is 2.16. The number of carbonyl (C=O) groups is 3. The Morgan fingerprint density at radius 1 is 0.878 bits per heavy atom. The molecule has 2 amide bonds. The maximum Gasteiger partial charge on any atom is 0.272 e. The van der Waals surface area contributed by atoms with Crippen molar-refractivity contribution in [2.45, 2.75) is 4.90 Å². The normalized spacial score (nSPS) is 10.9. The fourth-order valence-electron chi connectivity index (χ4n) is 3.67. The lowest BCUT2D eigenvalue weighted by Crippen LogP contribution is -2.30. The van der Waals surface area contributed by atoms with Crippen molar-refractivity contribution in [1.29, 1.82) is 0 Å². The van der Waals surface area contributed by atoms with Gasteiger partial charge in [0.1, 0.15) is 11.4 Å². The number of thioether (sulfide) groups is 1. The molecule has 0 heterocycles. The molecule has 0 saturated carbocycles. The van der Waals surface area contributed by atoms with Crippen molar-refractivity contribution in [3.05, 3.63) is 136 Å². The van der Waals surface area contributed by atoms with Gasteiger partial charge in [-0.25, -0.2) is 0 Å². The van der Waals surface area contributed by atoms with Crippen LogP contribution in [0.2, 0.25) is 0 Å². The number of nitro benzene ring substituents is 1. The number of hydrogen-bond donors (Lipinski definition) is 2. The minimum absolute atomic E-state index is 0.0518. The molecule has 206 valence electrons. The first kappa shape index (κ1) is 28.8. The molecule has 0 aromatic heterocycles. The van der Waals surface area contributed by atoms with Crippen LogP contribution in [0.1, 0.15) is 26.3 Å². The van der Waals surface area contributed by atoms with E-state index in [9.17, 15) is 24.5 Å². The predicted molar refractivity (Wildman–Crippen MR) is 158 cm³/mol. The molecule has 0 atom stereocenters. The highest BCUT2D eigenvalue weighted by atomic mass is 32.2. The van der Waals surface area contributed by atoms with E-state index in [2.05, 4.69) is 10.6 Å². The highest BCUT2D eigenvalue weighted by Crippen LogP contribution is 2.24. The van der Waals surface area contributed by atoms with Gasteiger partial charge in [0, 0.05) is 33.8 Å². The van der Waals surface area contributed by atoms with Crippen LogP contribution in [-0.4, -0.2) is 35.4 Å². The molecule has 4 aromatic carbocycles. The van der Waals surface area contributed by atoms with E-state index in [0.29, 0.717) is 28.1 Å².